The third-order valence-corrected chi connectivity index (χ3v) is 12.1. The van der Waals surface area contributed by atoms with Gasteiger partial charge in [-0.15, -0.1) is 0 Å². The van der Waals surface area contributed by atoms with Gasteiger partial charge in [0.2, 0.25) is 5.78 Å². The number of aliphatic hydroxyl groups is 1. The third kappa shape index (κ3) is 17.0. The lowest BCUT2D eigenvalue weighted by Crippen LogP contribution is -2.11. The first-order valence-electron chi connectivity index (χ1n) is 23.5. The number of aliphatic hydroxyl groups excluding tert-OH is 1. The Bertz CT molecular complexity index is 2750. The molecule has 0 radical (unpaired) electrons. The average Bonchev–Trinajstić information content (AvgIpc) is 3.47. The first kappa shape index (κ1) is 54.1. The van der Waals surface area contributed by atoms with Crippen LogP contribution in [-0.4, -0.2) is 58.6 Å². The van der Waals surface area contributed by atoms with E-state index in [1.54, 1.807) is 42.9 Å². The van der Waals surface area contributed by atoms with Crippen LogP contribution in [0.2, 0.25) is 0 Å². The molecule has 9 rings (SSSR count). The van der Waals surface area contributed by atoms with Gasteiger partial charge >= 0.3 is 11.9 Å². The Morgan fingerprint density at radius 1 is 0.438 bits per heavy atom. The van der Waals surface area contributed by atoms with Crippen molar-refractivity contribution < 1.29 is 29.0 Å². The number of pyridine rings is 3. The van der Waals surface area contributed by atoms with E-state index in [0.29, 0.717) is 17.1 Å². The van der Waals surface area contributed by atoms with Crippen LogP contribution >= 0.6 is 15.9 Å². The van der Waals surface area contributed by atoms with E-state index in [9.17, 15) is 14.4 Å². The molecular formula is C62H57BrN4O6. The highest BCUT2D eigenvalue weighted by Crippen LogP contribution is 2.30. The molecule has 3 N–H and O–H groups in total. The van der Waals surface area contributed by atoms with Gasteiger partial charge < -0.3 is 20.3 Å². The third-order valence-electron chi connectivity index (χ3n) is 11.6. The molecule has 0 aliphatic carbocycles. The summed E-state index contributed by atoms with van der Waals surface area (Å²) in [5.74, 6) is -0.710. The molecule has 0 aliphatic rings. The maximum atomic E-state index is 11.5. The SMILES string of the molecule is COC(=O)c1ccc(Br)cn1.COC(=O)c1ccc(CC(c2ccccc2)c2ccccc2)cn1.NC(c1ccccc1)c1ccccc1.O=C(CO)c1ccc(CC(c2ccccc2)c2ccccc2)cn1. The molecule has 10 nitrogen and oxygen atoms in total. The largest absolute Gasteiger partial charge is 0.464 e. The van der Waals surface area contributed by atoms with Crippen molar-refractivity contribution in [3.8, 4) is 0 Å². The number of esters is 2. The highest BCUT2D eigenvalue weighted by Gasteiger charge is 2.17. The molecule has 0 fully saturated rings. The highest BCUT2D eigenvalue weighted by atomic mass is 79.9. The molecule has 0 unspecified atom stereocenters. The molecule has 0 bridgehead atoms. The number of benzene rings is 6. The minimum Gasteiger partial charge on any atom is -0.464 e. The molecule has 0 spiro atoms. The standard InChI is InChI=1S/2C21H19NO2.C13H13N.C7H6BrNO2/c1-24-21(23)20-13-12-16(15-22-20)14-19(17-8-4-2-5-9-17)18-10-6-3-7-11-18;23-15-21(24)20-12-11-16(14-22-20)13-19(17-7-3-1-4-8-17)18-9-5-2-6-10-18;14-13(11-7-3-1-4-8-11)12-9-5-2-6-10-12;1-11-7(10)6-3-2-5(8)4-9-6/h2-13,15,19H,14H2,1H3;1-12,14,19,23H,13,15H2;1-10,13H,14H2;2-4H,1H3. The molecule has 0 amide bonds. The molecular weight excluding hydrogens is 977 g/mol. The molecule has 3 aromatic heterocycles. The predicted molar refractivity (Wildman–Crippen MR) is 290 cm³/mol. The van der Waals surface area contributed by atoms with Gasteiger partial charge in [0, 0.05) is 34.9 Å². The topological polar surface area (TPSA) is 155 Å². The van der Waals surface area contributed by atoms with Gasteiger partial charge in [-0.1, -0.05) is 194 Å². The summed E-state index contributed by atoms with van der Waals surface area (Å²) in [6, 6.07) is 72.5. The van der Waals surface area contributed by atoms with E-state index in [1.807, 2.05) is 97.1 Å². The van der Waals surface area contributed by atoms with E-state index in [-0.39, 0.29) is 23.7 Å². The van der Waals surface area contributed by atoms with E-state index >= 15 is 0 Å². The molecule has 11 heteroatoms. The maximum absolute atomic E-state index is 11.5. The number of aromatic nitrogens is 3. The zero-order valence-corrected chi connectivity index (χ0v) is 42.2. The van der Waals surface area contributed by atoms with Crippen molar-refractivity contribution in [3.63, 3.8) is 0 Å². The summed E-state index contributed by atoms with van der Waals surface area (Å²) in [7, 11) is 2.69. The second-order valence-corrected chi connectivity index (χ2v) is 17.4. The summed E-state index contributed by atoms with van der Waals surface area (Å²) in [6.07, 6.45) is 6.65. The lowest BCUT2D eigenvalue weighted by Gasteiger charge is -2.18. The molecule has 3 heterocycles. The Morgan fingerprint density at radius 3 is 1.01 bits per heavy atom. The molecule has 0 saturated heterocycles. The van der Waals surface area contributed by atoms with Crippen molar-refractivity contribution in [2.75, 3.05) is 20.8 Å². The molecule has 9 aromatic rings. The number of carbonyl (C=O) groups excluding carboxylic acids is 3. The summed E-state index contributed by atoms with van der Waals surface area (Å²) in [6.45, 7) is -0.511. The van der Waals surface area contributed by atoms with Crippen LogP contribution in [0.25, 0.3) is 0 Å². The molecule has 73 heavy (non-hydrogen) atoms. The van der Waals surface area contributed by atoms with Gasteiger partial charge in [-0.25, -0.2) is 19.6 Å². The van der Waals surface area contributed by atoms with Crippen LogP contribution in [0.15, 0.2) is 241 Å². The average molecular weight is 1030 g/mol. The summed E-state index contributed by atoms with van der Waals surface area (Å²) >= 11 is 3.20. The Kier molecular flexibility index (Phi) is 21.6. The number of halogens is 1. The van der Waals surface area contributed by atoms with E-state index < -0.39 is 18.5 Å². The summed E-state index contributed by atoms with van der Waals surface area (Å²) in [5, 5.41) is 8.91. The monoisotopic (exact) mass is 1030 g/mol. The molecule has 0 atom stereocenters. The van der Waals surface area contributed by atoms with Gasteiger partial charge in [0.25, 0.3) is 0 Å². The van der Waals surface area contributed by atoms with Crippen molar-refractivity contribution in [1.29, 1.82) is 0 Å². The number of Topliss-reactive ketones (excluding diaryl/α,β-unsaturated/α-hetero) is 1. The van der Waals surface area contributed by atoms with Crippen LogP contribution in [0.1, 0.15) is 93.9 Å². The summed E-state index contributed by atoms with van der Waals surface area (Å²) in [4.78, 5) is 46.0. The van der Waals surface area contributed by atoms with Crippen LogP contribution < -0.4 is 5.73 Å². The number of ether oxygens (including phenoxy) is 2. The van der Waals surface area contributed by atoms with Crippen molar-refractivity contribution in [3.05, 3.63) is 303 Å². The normalized spacial score (nSPS) is 10.4. The fraction of sp³-hybridized carbons (Fsp3) is 0.129. The van der Waals surface area contributed by atoms with Gasteiger partial charge in [-0.3, -0.25) is 9.78 Å². The molecule has 6 aromatic carbocycles. The quantitative estimate of drug-likeness (QED) is 0.0794. The van der Waals surface area contributed by atoms with Crippen LogP contribution in [0.3, 0.4) is 0 Å². The number of nitrogens with zero attached hydrogens (tertiary/aromatic N) is 3. The lowest BCUT2D eigenvalue weighted by molar-refractivity contribution is 0.0585. The van der Waals surface area contributed by atoms with Gasteiger partial charge in [0.15, 0.2) is 0 Å². The maximum Gasteiger partial charge on any atom is 0.356 e. The molecule has 0 saturated carbocycles. The van der Waals surface area contributed by atoms with Crippen LogP contribution in [0.5, 0.6) is 0 Å². The van der Waals surface area contributed by atoms with Crippen LogP contribution in [-0.2, 0) is 22.3 Å². The highest BCUT2D eigenvalue weighted by molar-refractivity contribution is 9.10. The van der Waals surface area contributed by atoms with E-state index in [1.165, 1.54) is 36.5 Å². The zero-order valence-electron chi connectivity index (χ0n) is 40.7. The number of hydrogen-bond donors (Lipinski definition) is 2. The number of rotatable bonds is 14. The van der Waals surface area contributed by atoms with Crippen molar-refractivity contribution in [2.24, 2.45) is 5.73 Å². The van der Waals surface area contributed by atoms with Gasteiger partial charge in [-0.2, -0.15) is 0 Å². The Morgan fingerprint density at radius 2 is 0.740 bits per heavy atom. The van der Waals surface area contributed by atoms with E-state index in [4.69, 9.17) is 15.6 Å². The molecule has 0 aliphatic heterocycles. The second-order valence-electron chi connectivity index (χ2n) is 16.5. The van der Waals surface area contributed by atoms with E-state index in [2.05, 4.69) is 133 Å². The number of nitrogens with two attached hydrogens (primary N) is 1. The zero-order chi connectivity index (χ0) is 51.6. The first-order chi connectivity index (χ1) is 35.7. The Balaban J connectivity index is 0.000000166. The van der Waals surface area contributed by atoms with Gasteiger partial charge in [-0.05, 0) is 97.5 Å². The number of carbonyl (C=O) groups is 3. The summed E-state index contributed by atoms with van der Waals surface area (Å²) in [5.41, 5.74) is 16.5. The fourth-order valence-corrected chi connectivity index (χ4v) is 7.98. The van der Waals surface area contributed by atoms with Crippen molar-refractivity contribution in [2.45, 2.75) is 30.7 Å². The van der Waals surface area contributed by atoms with Crippen molar-refractivity contribution >= 4 is 33.7 Å². The second kappa shape index (κ2) is 29.2. The van der Waals surface area contributed by atoms with Crippen LogP contribution in [0.4, 0.5) is 0 Å². The Hall–Kier alpha value is -8.22. The minimum absolute atomic E-state index is 0.0163. The van der Waals surface area contributed by atoms with Gasteiger partial charge in [0.05, 0.1) is 20.3 Å². The van der Waals surface area contributed by atoms with Gasteiger partial charge in [0.1, 0.15) is 23.7 Å². The fourth-order valence-electron chi connectivity index (χ4n) is 7.75. The number of hydrogen-bond acceptors (Lipinski definition) is 10. The van der Waals surface area contributed by atoms with Crippen molar-refractivity contribution in [1.82, 2.24) is 15.0 Å². The number of ketones is 1. The number of methoxy groups -OCH3 is 2. The predicted octanol–water partition coefficient (Wildman–Crippen LogP) is 12.2. The minimum atomic E-state index is -0.511. The first-order valence-corrected chi connectivity index (χ1v) is 24.3. The lowest BCUT2D eigenvalue weighted by atomic mass is 9.86. The smallest absolute Gasteiger partial charge is 0.356 e. The van der Waals surface area contributed by atoms with Crippen LogP contribution in [0, 0.1) is 0 Å². The molecule has 368 valence electrons. The summed E-state index contributed by atoms with van der Waals surface area (Å²) < 4.78 is 9.99. The van der Waals surface area contributed by atoms with E-state index in [0.717, 1.165) is 39.6 Å². The Labute approximate surface area is 435 Å².